The summed E-state index contributed by atoms with van der Waals surface area (Å²) in [6.07, 6.45) is 2.12. The predicted octanol–water partition coefficient (Wildman–Crippen LogP) is 3.08. The molecule has 0 radical (unpaired) electrons. The van der Waals surface area contributed by atoms with E-state index in [0.29, 0.717) is 17.8 Å². The number of piperidine rings is 1. The summed E-state index contributed by atoms with van der Waals surface area (Å²) in [6, 6.07) is 8.90. The lowest BCUT2D eigenvalue weighted by molar-refractivity contribution is 0.295. The Hall–Kier alpha value is -1.43. The maximum absolute atomic E-state index is 5.50. The van der Waals surface area contributed by atoms with Crippen molar-refractivity contribution >= 4 is 12.4 Å². The molecule has 5 nitrogen and oxygen atoms in total. The summed E-state index contributed by atoms with van der Waals surface area (Å²) < 4.78 is 5.50. The van der Waals surface area contributed by atoms with Gasteiger partial charge in [0.15, 0.2) is 0 Å². The van der Waals surface area contributed by atoms with Crippen molar-refractivity contribution in [3.63, 3.8) is 0 Å². The molecule has 0 spiro atoms. The molecule has 6 heteroatoms. The maximum atomic E-state index is 5.50. The molecule has 0 aliphatic carbocycles. The number of hydrogen-bond donors (Lipinski definition) is 1. The minimum Gasteiger partial charge on any atom is -0.339 e. The molecule has 0 bridgehead atoms. The zero-order valence-electron chi connectivity index (χ0n) is 14.0. The fraction of sp³-hybridized carbons (Fsp3) is 0.529. The zero-order chi connectivity index (χ0) is 15.5. The molecule has 0 saturated carbocycles. The molecular weight excluding hydrogens is 312 g/mol. The third-order valence-electron chi connectivity index (χ3n) is 4.13. The number of hydrogen-bond acceptors (Lipinski definition) is 5. The van der Waals surface area contributed by atoms with Gasteiger partial charge >= 0.3 is 0 Å². The van der Waals surface area contributed by atoms with Crippen molar-refractivity contribution in [3.05, 3.63) is 35.7 Å². The van der Waals surface area contributed by atoms with Crippen LogP contribution in [-0.2, 0) is 6.54 Å². The summed E-state index contributed by atoms with van der Waals surface area (Å²) in [5, 5.41) is 7.61. The molecule has 1 aromatic heterocycles. The topological polar surface area (TPSA) is 54.2 Å². The van der Waals surface area contributed by atoms with E-state index < -0.39 is 0 Å². The maximum Gasteiger partial charge on any atom is 0.230 e. The van der Waals surface area contributed by atoms with E-state index in [1.165, 1.54) is 5.56 Å². The predicted molar refractivity (Wildman–Crippen MR) is 93.8 cm³/mol. The SMILES string of the molecule is C[C@H]1C[C@@H](c2nc(-c3ccc(CN(C)C)cc3)no2)CCN1.Cl. The van der Waals surface area contributed by atoms with Gasteiger partial charge < -0.3 is 14.7 Å². The van der Waals surface area contributed by atoms with Gasteiger partial charge in [-0.15, -0.1) is 12.4 Å². The molecule has 23 heavy (non-hydrogen) atoms. The fourth-order valence-corrected chi connectivity index (χ4v) is 3.00. The number of aromatic nitrogens is 2. The van der Waals surface area contributed by atoms with Gasteiger partial charge in [-0.25, -0.2) is 0 Å². The van der Waals surface area contributed by atoms with Crippen LogP contribution in [-0.4, -0.2) is 41.7 Å². The lowest BCUT2D eigenvalue weighted by Crippen LogP contribution is -2.34. The van der Waals surface area contributed by atoms with Crippen LogP contribution in [0.15, 0.2) is 28.8 Å². The Balaban J connectivity index is 0.00000192. The van der Waals surface area contributed by atoms with Crippen LogP contribution in [0.4, 0.5) is 0 Å². The van der Waals surface area contributed by atoms with E-state index in [9.17, 15) is 0 Å². The van der Waals surface area contributed by atoms with Crippen LogP contribution in [0.25, 0.3) is 11.4 Å². The first-order valence-corrected chi connectivity index (χ1v) is 7.93. The number of nitrogens with one attached hydrogen (secondary N) is 1. The van der Waals surface area contributed by atoms with E-state index in [0.717, 1.165) is 37.4 Å². The largest absolute Gasteiger partial charge is 0.339 e. The Morgan fingerprint density at radius 3 is 2.65 bits per heavy atom. The van der Waals surface area contributed by atoms with Crippen LogP contribution in [0.1, 0.15) is 37.1 Å². The van der Waals surface area contributed by atoms with Gasteiger partial charge in [-0.05, 0) is 46.0 Å². The molecule has 1 aliphatic heterocycles. The van der Waals surface area contributed by atoms with Crippen molar-refractivity contribution in [3.8, 4) is 11.4 Å². The summed E-state index contributed by atoms with van der Waals surface area (Å²) in [7, 11) is 4.14. The van der Waals surface area contributed by atoms with Crippen LogP contribution in [0.2, 0.25) is 0 Å². The average Bonchev–Trinajstić information content (AvgIpc) is 2.97. The summed E-state index contributed by atoms with van der Waals surface area (Å²) in [5.74, 6) is 1.85. The standard InChI is InChI=1S/C17H24N4O.ClH/c1-12-10-15(8-9-18-12)17-19-16(20-22-17)14-6-4-13(5-7-14)11-21(2)3;/h4-7,12,15,18H,8-11H2,1-3H3;1H/t12-,15-;/m0./s1. The van der Waals surface area contributed by atoms with Gasteiger partial charge in [0.2, 0.25) is 11.7 Å². The Morgan fingerprint density at radius 2 is 2.00 bits per heavy atom. The molecule has 2 atom stereocenters. The molecule has 1 N–H and O–H groups in total. The molecule has 1 aromatic carbocycles. The highest BCUT2D eigenvalue weighted by Crippen LogP contribution is 2.28. The van der Waals surface area contributed by atoms with E-state index in [-0.39, 0.29) is 12.4 Å². The van der Waals surface area contributed by atoms with Crippen molar-refractivity contribution in [2.24, 2.45) is 0 Å². The minimum absolute atomic E-state index is 0. The minimum atomic E-state index is 0. The molecule has 0 unspecified atom stereocenters. The Labute approximate surface area is 143 Å². The molecular formula is C17H25ClN4O. The van der Waals surface area contributed by atoms with Crippen molar-refractivity contribution in [1.29, 1.82) is 0 Å². The quantitative estimate of drug-likeness (QED) is 0.929. The highest BCUT2D eigenvalue weighted by molar-refractivity contribution is 5.85. The smallest absolute Gasteiger partial charge is 0.230 e. The van der Waals surface area contributed by atoms with Crippen LogP contribution < -0.4 is 5.32 Å². The van der Waals surface area contributed by atoms with Gasteiger partial charge in [0, 0.05) is 24.1 Å². The van der Waals surface area contributed by atoms with Crippen molar-refractivity contribution in [1.82, 2.24) is 20.4 Å². The first-order valence-electron chi connectivity index (χ1n) is 7.93. The lowest BCUT2D eigenvalue weighted by atomic mass is 9.93. The fourth-order valence-electron chi connectivity index (χ4n) is 3.00. The number of nitrogens with zero attached hydrogens (tertiary/aromatic N) is 3. The van der Waals surface area contributed by atoms with Gasteiger partial charge in [-0.2, -0.15) is 4.98 Å². The molecule has 2 heterocycles. The Kier molecular flexibility index (Phi) is 6.16. The van der Waals surface area contributed by atoms with Crippen LogP contribution in [0, 0.1) is 0 Å². The number of halogens is 1. The highest BCUT2D eigenvalue weighted by atomic mass is 35.5. The van der Waals surface area contributed by atoms with Crippen LogP contribution >= 0.6 is 12.4 Å². The first kappa shape index (κ1) is 17.9. The van der Waals surface area contributed by atoms with Gasteiger partial charge in [0.05, 0.1) is 0 Å². The number of rotatable bonds is 4. The molecule has 1 aliphatic rings. The third kappa shape index (κ3) is 4.53. The van der Waals surface area contributed by atoms with Crippen LogP contribution in [0.5, 0.6) is 0 Å². The average molecular weight is 337 g/mol. The summed E-state index contributed by atoms with van der Waals surface area (Å²) in [5.41, 5.74) is 2.30. The molecule has 1 fully saturated rings. The molecule has 0 amide bonds. The lowest BCUT2D eigenvalue weighted by Gasteiger charge is -2.25. The van der Waals surface area contributed by atoms with Crippen molar-refractivity contribution < 1.29 is 4.52 Å². The second-order valence-electron chi connectivity index (χ2n) is 6.47. The van der Waals surface area contributed by atoms with Crippen LogP contribution in [0.3, 0.4) is 0 Å². The van der Waals surface area contributed by atoms with Gasteiger partial charge in [-0.1, -0.05) is 29.4 Å². The van der Waals surface area contributed by atoms with E-state index in [4.69, 9.17) is 4.52 Å². The first-order chi connectivity index (χ1) is 10.6. The third-order valence-corrected chi connectivity index (χ3v) is 4.13. The Bertz CT molecular complexity index is 611. The van der Waals surface area contributed by atoms with Gasteiger partial charge in [0.25, 0.3) is 0 Å². The van der Waals surface area contributed by atoms with Crippen molar-refractivity contribution in [2.45, 2.75) is 38.3 Å². The van der Waals surface area contributed by atoms with E-state index in [1.807, 2.05) is 0 Å². The summed E-state index contributed by atoms with van der Waals surface area (Å²) in [4.78, 5) is 6.77. The molecule has 3 rings (SSSR count). The van der Waals surface area contributed by atoms with Gasteiger partial charge in [0.1, 0.15) is 0 Å². The van der Waals surface area contributed by atoms with Gasteiger partial charge in [-0.3, -0.25) is 0 Å². The second kappa shape index (κ2) is 7.90. The number of benzene rings is 1. The van der Waals surface area contributed by atoms with E-state index in [1.54, 1.807) is 0 Å². The monoisotopic (exact) mass is 336 g/mol. The summed E-state index contributed by atoms with van der Waals surface area (Å²) >= 11 is 0. The molecule has 126 valence electrons. The Morgan fingerprint density at radius 1 is 1.26 bits per heavy atom. The summed E-state index contributed by atoms with van der Waals surface area (Å²) in [6.45, 7) is 4.15. The second-order valence-corrected chi connectivity index (χ2v) is 6.47. The molecule has 1 saturated heterocycles. The van der Waals surface area contributed by atoms with E-state index in [2.05, 4.69) is 65.6 Å². The van der Waals surface area contributed by atoms with Crippen molar-refractivity contribution in [2.75, 3.05) is 20.6 Å². The van der Waals surface area contributed by atoms with E-state index >= 15 is 0 Å². The highest BCUT2D eigenvalue weighted by Gasteiger charge is 2.25. The molecule has 2 aromatic rings. The zero-order valence-corrected chi connectivity index (χ0v) is 14.8. The normalized spacial score (nSPS) is 21.2.